The molecule has 1 aromatic carbocycles. The molecule has 2 rings (SSSR count). The van der Waals surface area contributed by atoms with Crippen LogP contribution in [0.25, 0.3) is 0 Å². The van der Waals surface area contributed by atoms with Crippen LogP contribution in [0.5, 0.6) is 0 Å². The van der Waals surface area contributed by atoms with Gasteiger partial charge in [-0.15, -0.1) is 0 Å². The Morgan fingerprint density at radius 1 is 1.41 bits per heavy atom. The molecule has 1 heterocycles. The van der Waals surface area contributed by atoms with Crippen LogP contribution in [0.4, 0.5) is 4.39 Å². The molecule has 1 aromatic rings. The average Bonchev–Trinajstić information content (AvgIpc) is 2.68. The molecule has 0 radical (unpaired) electrons. The minimum atomic E-state index is -0.539. The Labute approximate surface area is 97.8 Å². The van der Waals surface area contributed by atoms with Crippen molar-refractivity contribution in [1.82, 2.24) is 5.32 Å². The van der Waals surface area contributed by atoms with Gasteiger partial charge in [-0.05, 0) is 17.7 Å². The molecule has 0 saturated carbocycles. The lowest BCUT2D eigenvalue weighted by atomic mass is 10.1. The number of hydrogen-bond acceptors (Lipinski definition) is 3. The first-order chi connectivity index (χ1) is 8.15. The van der Waals surface area contributed by atoms with E-state index in [-0.39, 0.29) is 18.1 Å². The number of hydrogen-bond donors (Lipinski definition) is 1. The van der Waals surface area contributed by atoms with E-state index in [2.05, 4.69) is 5.32 Å². The van der Waals surface area contributed by atoms with Gasteiger partial charge in [0.05, 0.1) is 13.0 Å². The summed E-state index contributed by atoms with van der Waals surface area (Å²) in [6, 6.07) is 5.14. The van der Waals surface area contributed by atoms with Crippen LogP contribution in [0.15, 0.2) is 24.3 Å². The Morgan fingerprint density at radius 2 is 2.12 bits per heavy atom. The second-order valence-corrected chi connectivity index (χ2v) is 3.88. The van der Waals surface area contributed by atoms with Crippen LogP contribution >= 0.6 is 0 Å². The minimum Gasteiger partial charge on any atom is -0.464 e. The number of cyclic esters (lactones) is 1. The van der Waals surface area contributed by atoms with Crippen LogP contribution in [0.2, 0.25) is 0 Å². The lowest BCUT2D eigenvalue weighted by molar-refractivity contribution is -0.141. The first-order valence-corrected chi connectivity index (χ1v) is 5.35. The van der Waals surface area contributed by atoms with Crippen molar-refractivity contribution in [3.63, 3.8) is 0 Å². The molecular weight excluding hydrogens is 225 g/mol. The third kappa shape index (κ3) is 3.03. The van der Waals surface area contributed by atoms with Crippen molar-refractivity contribution in [3.8, 4) is 0 Å². The Morgan fingerprint density at radius 3 is 2.71 bits per heavy atom. The molecule has 1 aliphatic heterocycles. The summed E-state index contributed by atoms with van der Waals surface area (Å²) in [6.07, 6.45) is 0.637. The highest BCUT2D eigenvalue weighted by molar-refractivity contribution is 5.86. The molecule has 1 fully saturated rings. The van der Waals surface area contributed by atoms with Crippen LogP contribution in [-0.4, -0.2) is 24.5 Å². The molecule has 4 nitrogen and oxygen atoms in total. The lowest BCUT2D eigenvalue weighted by Gasteiger charge is -2.08. The van der Waals surface area contributed by atoms with Gasteiger partial charge < -0.3 is 10.1 Å². The van der Waals surface area contributed by atoms with Crippen LogP contribution in [0.1, 0.15) is 12.0 Å². The number of halogens is 1. The Balaban J connectivity index is 1.88. The molecule has 1 N–H and O–H groups in total. The van der Waals surface area contributed by atoms with E-state index in [0.717, 1.165) is 0 Å². The van der Waals surface area contributed by atoms with E-state index in [9.17, 15) is 14.0 Å². The van der Waals surface area contributed by atoms with Gasteiger partial charge in [-0.3, -0.25) is 4.79 Å². The summed E-state index contributed by atoms with van der Waals surface area (Å²) in [5, 5.41) is 2.58. The van der Waals surface area contributed by atoms with E-state index in [1.54, 1.807) is 12.1 Å². The highest BCUT2D eigenvalue weighted by atomic mass is 19.1. The number of ether oxygens (including phenoxy) is 1. The lowest BCUT2D eigenvalue weighted by Crippen LogP contribution is -2.38. The fourth-order valence-electron chi connectivity index (χ4n) is 1.66. The molecule has 1 atom stereocenters. The van der Waals surface area contributed by atoms with Crippen molar-refractivity contribution in [3.05, 3.63) is 35.6 Å². The molecule has 0 bridgehead atoms. The second kappa shape index (κ2) is 4.95. The predicted octanol–water partition coefficient (Wildman–Crippen LogP) is 0.800. The summed E-state index contributed by atoms with van der Waals surface area (Å²) in [6.45, 7) is 0.348. The van der Waals surface area contributed by atoms with E-state index in [0.29, 0.717) is 18.6 Å². The van der Waals surface area contributed by atoms with Crippen LogP contribution in [0, 0.1) is 5.82 Å². The largest absolute Gasteiger partial charge is 0.464 e. The summed E-state index contributed by atoms with van der Waals surface area (Å²) in [4.78, 5) is 22.7. The second-order valence-electron chi connectivity index (χ2n) is 3.88. The maximum absolute atomic E-state index is 12.6. The maximum atomic E-state index is 12.6. The van der Waals surface area contributed by atoms with Crippen molar-refractivity contribution in [2.45, 2.75) is 18.9 Å². The van der Waals surface area contributed by atoms with Crippen LogP contribution in [-0.2, 0) is 20.7 Å². The molecule has 0 aromatic heterocycles. The van der Waals surface area contributed by atoms with Crippen molar-refractivity contribution in [2.75, 3.05) is 6.61 Å². The molecule has 1 amide bonds. The molecule has 17 heavy (non-hydrogen) atoms. The number of rotatable bonds is 3. The third-order valence-corrected chi connectivity index (χ3v) is 2.55. The monoisotopic (exact) mass is 237 g/mol. The number of esters is 1. The van der Waals surface area contributed by atoms with Gasteiger partial charge in [0.15, 0.2) is 0 Å². The zero-order chi connectivity index (χ0) is 12.3. The zero-order valence-corrected chi connectivity index (χ0v) is 9.11. The SMILES string of the molecule is O=C(Cc1ccc(F)cc1)N[C@@H]1CCOC1=O. The molecule has 90 valence electrons. The van der Waals surface area contributed by atoms with Gasteiger partial charge in [0.1, 0.15) is 11.9 Å². The van der Waals surface area contributed by atoms with Crippen molar-refractivity contribution in [2.24, 2.45) is 0 Å². The average molecular weight is 237 g/mol. The Hall–Kier alpha value is -1.91. The summed E-state index contributed by atoms with van der Waals surface area (Å²) >= 11 is 0. The van der Waals surface area contributed by atoms with E-state index >= 15 is 0 Å². The Kier molecular flexibility index (Phi) is 3.37. The minimum absolute atomic E-state index is 0.129. The van der Waals surface area contributed by atoms with Gasteiger partial charge in [0, 0.05) is 6.42 Å². The normalized spacial score (nSPS) is 18.9. The molecule has 1 saturated heterocycles. The van der Waals surface area contributed by atoms with E-state index < -0.39 is 12.0 Å². The summed E-state index contributed by atoms with van der Waals surface area (Å²) in [5.74, 6) is -0.994. The number of amides is 1. The van der Waals surface area contributed by atoms with Gasteiger partial charge in [-0.25, -0.2) is 9.18 Å². The van der Waals surface area contributed by atoms with Gasteiger partial charge in [0.25, 0.3) is 0 Å². The van der Waals surface area contributed by atoms with E-state index in [4.69, 9.17) is 4.74 Å². The van der Waals surface area contributed by atoms with Gasteiger partial charge in [-0.2, -0.15) is 0 Å². The maximum Gasteiger partial charge on any atom is 0.328 e. The van der Waals surface area contributed by atoms with E-state index in [1.807, 2.05) is 0 Å². The predicted molar refractivity (Wildman–Crippen MR) is 57.6 cm³/mol. The van der Waals surface area contributed by atoms with Crippen LogP contribution in [0.3, 0.4) is 0 Å². The molecule has 0 spiro atoms. The number of nitrogens with one attached hydrogen (secondary N) is 1. The van der Waals surface area contributed by atoms with Crippen molar-refractivity contribution in [1.29, 1.82) is 0 Å². The van der Waals surface area contributed by atoms with E-state index in [1.165, 1.54) is 12.1 Å². The van der Waals surface area contributed by atoms with Crippen molar-refractivity contribution >= 4 is 11.9 Å². The first kappa shape index (κ1) is 11.6. The highest BCUT2D eigenvalue weighted by Gasteiger charge is 2.27. The first-order valence-electron chi connectivity index (χ1n) is 5.35. The standard InChI is InChI=1S/C12H12FNO3/c13-9-3-1-8(2-4-9)7-11(15)14-10-5-6-17-12(10)16/h1-4,10H,5-7H2,(H,14,15)/t10-/m1/s1. The number of benzene rings is 1. The van der Waals surface area contributed by atoms with Gasteiger partial charge in [-0.1, -0.05) is 12.1 Å². The number of carbonyl (C=O) groups excluding carboxylic acids is 2. The summed E-state index contributed by atoms with van der Waals surface area (Å²) < 4.78 is 17.4. The Bertz CT molecular complexity index is 430. The fraction of sp³-hybridized carbons (Fsp3) is 0.333. The summed E-state index contributed by atoms with van der Waals surface area (Å²) in [5.41, 5.74) is 0.704. The number of carbonyl (C=O) groups is 2. The fourth-order valence-corrected chi connectivity index (χ4v) is 1.66. The topological polar surface area (TPSA) is 55.4 Å². The third-order valence-electron chi connectivity index (χ3n) is 2.55. The molecular formula is C12H12FNO3. The van der Waals surface area contributed by atoms with Crippen LogP contribution < -0.4 is 5.32 Å². The summed E-state index contributed by atoms with van der Waals surface area (Å²) in [7, 11) is 0. The molecule has 5 heteroatoms. The highest BCUT2D eigenvalue weighted by Crippen LogP contribution is 2.07. The quantitative estimate of drug-likeness (QED) is 0.791. The van der Waals surface area contributed by atoms with Gasteiger partial charge >= 0.3 is 5.97 Å². The molecule has 0 aliphatic carbocycles. The van der Waals surface area contributed by atoms with Crippen molar-refractivity contribution < 1.29 is 18.7 Å². The molecule has 1 aliphatic rings. The molecule has 0 unspecified atom stereocenters. The van der Waals surface area contributed by atoms with Gasteiger partial charge in [0.2, 0.25) is 5.91 Å². The zero-order valence-electron chi connectivity index (χ0n) is 9.11. The smallest absolute Gasteiger partial charge is 0.328 e.